The maximum Gasteiger partial charge on any atom is 0.183 e. The van der Waals surface area contributed by atoms with Gasteiger partial charge in [-0.3, -0.25) is 0 Å². The highest BCUT2D eigenvalue weighted by Crippen LogP contribution is 2.07. The number of rotatable bonds is 0. The molecule has 0 N–H and O–H groups in total. The van der Waals surface area contributed by atoms with Gasteiger partial charge in [-0.1, -0.05) is 0 Å². The molecule has 0 bridgehead atoms. The Morgan fingerprint density at radius 1 is 1.75 bits per heavy atom. The summed E-state index contributed by atoms with van der Waals surface area (Å²) in [4.78, 5) is 0. The minimum Gasteiger partial charge on any atom is -0.484 e. The van der Waals surface area contributed by atoms with Gasteiger partial charge in [0.2, 0.25) is 0 Å². The molecule has 0 saturated heterocycles. The highest BCUT2D eigenvalue weighted by molar-refractivity contribution is 4.92. The van der Waals surface area contributed by atoms with Gasteiger partial charge < -0.3 is 4.74 Å². The Hall–Kier alpha value is -0.970. The van der Waals surface area contributed by atoms with Crippen LogP contribution in [0.4, 0.5) is 0 Å². The van der Waals surface area contributed by atoms with Gasteiger partial charge in [0.15, 0.2) is 6.10 Å². The molecule has 42 valence electrons. The van der Waals surface area contributed by atoms with E-state index >= 15 is 0 Å². The van der Waals surface area contributed by atoms with E-state index in [4.69, 9.17) is 10.00 Å². The van der Waals surface area contributed by atoms with Gasteiger partial charge in [0.1, 0.15) is 6.07 Å². The molecule has 1 aliphatic rings. The summed E-state index contributed by atoms with van der Waals surface area (Å²) in [5.74, 6) is 0. The van der Waals surface area contributed by atoms with Crippen LogP contribution in [0, 0.1) is 11.3 Å². The van der Waals surface area contributed by atoms with Crippen molar-refractivity contribution in [3.8, 4) is 6.07 Å². The SMILES string of the molecule is N#C[C@@H]1CCC=CO1. The minimum atomic E-state index is -0.194. The minimum absolute atomic E-state index is 0.194. The van der Waals surface area contributed by atoms with Crippen LogP contribution in [0.15, 0.2) is 12.3 Å². The third kappa shape index (κ3) is 1.00. The first-order valence-corrected chi connectivity index (χ1v) is 2.63. The van der Waals surface area contributed by atoms with E-state index in [9.17, 15) is 0 Å². The second-order valence-electron chi connectivity index (χ2n) is 1.70. The first-order valence-electron chi connectivity index (χ1n) is 2.63. The van der Waals surface area contributed by atoms with Gasteiger partial charge in [0, 0.05) is 6.42 Å². The summed E-state index contributed by atoms with van der Waals surface area (Å²) in [6.45, 7) is 0. The molecule has 1 atom stereocenters. The zero-order valence-electron chi connectivity index (χ0n) is 4.50. The molecular weight excluding hydrogens is 102 g/mol. The molecule has 0 aliphatic carbocycles. The molecule has 8 heavy (non-hydrogen) atoms. The van der Waals surface area contributed by atoms with Crippen molar-refractivity contribution in [3.63, 3.8) is 0 Å². The van der Waals surface area contributed by atoms with Crippen LogP contribution in [0.1, 0.15) is 12.8 Å². The average Bonchev–Trinajstić information content (AvgIpc) is 1.90. The van der Waals surface area contributed by atoms with Crippen molar-refractivity contribution in [2.24, 2.45) is 0 Å². The van der Waals surface area contributed by atoms with Crippen LogP contribution in [0.2, 0.25) is 0 Å². The lowest BCUT2D eigenvalue weighted by molar-refractivity contribution is 0.171. The molecular formula is C6H7NO. The summed E-state index contributed by atoms with van der Waals surface area (Å²) in [5, 5.41) is 8.28. The Kier molecular flexibility index (Phi) is 1.53. The van der Waals surface area contributed by atoms with Gasteiger partial charge in [-0.15, -0.1) is 0 Å². The lowest BCUT2D eigenvalue weighted by atomic mass is 10.2. The molecule has 0 aromatic heterocycles. The molecule has 0 fully saturated rings. The Morgan fingerprint density at radius 2 is 2.62 bits per heavy atom. The van der Waals surface area contributed by atoms with E-state index in [-0.39, 0.29) is 6.10 Å². The molecule has 0 aromatic carbocycles. The molecule has 0 aromatic rings. The summed E-state index contributed by atoms with van der Waals surface area (Å²) in [7, 11) is 0. The van der Waals surface area contributed by atoms with Gasteiger partial charge in [0.25, 0.3) is 0 Å². The number of allylic oxidation sites excluding steroid dienone is 1. The molecule has 0 saturated carbocycles. The van der Waals surface area contributed by atoms with Crippen LogP contribution >= 0.6 is 0 Å². The third-order valence-electron chi connectivity index (χ3n) is 1.08. The van der Waals surface area contributed by atoms with Gasteiger partial charge in [0.05, 0.1) is 6.26 Å². The second-order valence-corrected chi connectivity index (χ2v) is 1.70. The number of hydrogen-bond acceptors (Lipinski definition) is 2. The maximum absolute atomic E-state index is 8.28. The van der Waals surface area contributed by atoms with Crippen molar-refractivity contribution in [3.05, 3.63) is 12.3 Å². The van der Waals surface area contributed by atoms with E-state index in [1.54, 1.807) is 6.26 Å². The quantitative estimate of drug-likeness (QED) is 0.468. The van der Waals surface area contributed by atoms with Gasteiger partial charge in [-0.2, -0.15) is 5.26 Å². The summed E-state index contributed by atoms with van der Waals surface area (Å²) in [6, 6.07) is 2.03. The summed E-state index contributed by atoms with van der Waals surface area (Å²) >= 11 is 0. The van der Waals surface area contributed by atoms with E-state index in [1.165, 1.54) is 0 Å². The lowest BCUT2D eigenvalue weighted by Gasteiger charge is -2.10. The van der Waals surface area contributed by atoms with Gasteiger partial charge in [-0.25, -0.2) is 0 Å². The second kappa shape index (κ2) is 2.37. The van der Waals surface area contributed by atoms with Crippen molar-refractivity contribution < 1.29 is 4.74 Å². The third-order valence-corrected chi connectivity index (χ3v) is 1.08. The number of nitrogens with zero attached hydrogens (tertiary/aromatic N) is 1. The van der Waals surface area contributed by atoms with Crippen LogP contribution in [-0.4, -0.2) is 6.10 Å². The molecule has 1 aliphatic heterocycles. The highest BCUT2D eigenvalue weighted by Gasteiger charge is 2.06. The van der Waals surface area contributed by atoms with Crippen LogP contribution in [-0.2, 0) is 4.74 Å². The molecule has 1 heterocycles. The number of nitriles is 1. The van der Waals surface area contributed by atoms with E-state index in [2.05, 4.69) is 0 Å². The van der Waals surface area contributed by atoms with Crippen molar-refractivity contribution >= 4 is 0 Å². The van der Waals surface area contributed by atoms with Crippen LogP contribution < -0.4 is 0 Å². The predicted octanol–water partition coefficient (Wildman–Crippen LogP) is 1.20. The monoisotopic (exact) mass is 109 g/mol. The Balaban J connectivity index is 2.41. The Bertz CT molecular complexity index is 134. The zero-order valence-corrected chi connectivity index (χ0v) is 4.50. The fourth-order valence-electron chi connectivity index (χ4n) is 0.629. The molecule has 2 nitrogen and oxygen atoms in total. The van der Waals surface area contributed by atoms with E-state index in [0.717, 1.165) is 12.8 Å². The fourth-order valence-corrected chi connectivity index (χ4v) is 0.629. The van der Waals surface area contributed by atoms with Crippen LogP contribution in [0.25, 0.3) is 0 Å². The van der Waals surface area contributed by atoms with Crippen molar-refractivity contribution in [1.29, 1.82) is 5.26 Å². The first-order chi connectivity index (χ1) is 3.93. The normalized spacial score (nSPS) is 26.1. The first kappa shape index (κ1) is 5.17. The molecule has 2 heteroatoms. The molecule has 1 rings (SSSR count). The smallest absolute Gasteiger partial charge is 0.183 e. The van der Waals surface area contributed by atoms with Gasteiger partial charge in [-0.05, 0) is 12.5 Å². The maximum atomic E-state index is 8.28. The van der Waals surface area contributed by atoms with Crippen LogP contribution in [0.5, 0.6) is 0 Å². The number of ether oxygens (including phenoxy) is 1. The molecule has 0 radical (unpaired) electrons. The van der Waals surface area contributed by atoms with Crippen molar-refractivity contribution in [1.82, 2.24) is 0 Å². The summed E-state index contributed by atoms with van der Waals surface area (Å²) < 4.78 is 4.89. The summed E-state index contributed by atoms with van der Waals surface area (Å²) in [6.07, 6.45) is 5.14. The van der Waals surface area contributed by atoms with Crippen LogP contribution in [0.3, 0.4) is 0 Å². The van der Waals surface area contributed by atoms with E-state index in [1.807, 2.05) is 12.1 Å². The molecule has 0 unspecified atom stereocenters. The lowest BCUT2D eigenvalue weighted by Crippen LogP contribution is -2.08. The van der Waals surface area contributed by atoms with Crippen molar-refractivity contribution in [2.45, 2.75) is 18.9 Å². The molecule has 0 amide bonds. The Morgan fingerprint density at radius 3 is 3.00 bits per heavy atom. The van der Waals surface area contributed by atoms with Crippen molar-refractivity contribution in [2.75, 3.05) is 0 Å². The van der Waals surface area contributed by atoms with E-state index < -0.39 is 0 Å². The topological polar surface area (TPSA) is 33.0 Å². The largest absolute Gasteiger partial charge is 0.484 e. The predicted molar refractivity (Wildman–Crippen MR) is 28.9 cm³/mol. The highest BCUT2D eigenvalue weighted by atomic mass is 16.5. The number of hydrogen-bond donors (Lipinski definition) is 0. The van der Waals surface area contributed by atoms with Gasteiger partial charge >= 0.3 is 0 Å². The summed E-state index contributed by atoms with van der Waals surface area (Å²) in [5.41, 5.74) is 0. The fraction of sp³-hybridized carbons (Fsp3) is 0.500. The van der Waals surface area contributed by atoms with E-state index in [0.29, 0.717) is 0 Å². The average molecular weight is 109 g/mol. The standard InChI is InChI=1S/C6H7NO/c7-5-6-3-1-2-4-8-6/h2,4,6H,1,3H2/t6-/m0/s1. The Labute approximate surface area is 48.4 Å². The zero-order chi connectivity index (χ0) is 5.82. The molecule has 0 spiro atoms.